The lowest BCUT2D eigenvalue weighted by atomic mass is 9.86. The summed E-state index contributed by atoms with van der Waals surface area (Å²) in [4.78, 5) is 20.5. The van der Waals surface area contributed by atoms with Gasteiger partial charge in [0.1, 0.15) is 23.8 Å². The molecule has 4 fully saturated rings. The van der Waals surface area contributed by atoms with E-state index in [4.69, 9.17) is 9.47 Å². The maximum atomic E-state index is 15.0. The summed E-state index contributed by atoms with van der Waals surface area (Å²) in [5.41, 5.74) is -0.581. The second-order valence-electron chi connectivity index (χ2n) is 11.5. The lowest BCUT2D eigenvalue weighted by Crippen LogP contribution is -2.35. The number of hydrogen-bond acceptors (Lipinski definition) is 6. The Balaban J connectivity index is 1.16. The van der Waals surface area contributed by atoms with Crippen LogP contribution in [-0.2, 0) is 16.1 Å². The second-order valence-corrected chi connectivity index (χ2v) is 11.5. The quantitative estimate of drug-likeness (QED) is 0.419. The van der Waals surface area contributed by atoms with E-state index >= 15 is 0 Å². The van der Waals surface area contributed by atoms with Gasteiger partial charge in [0.05, 0.1) is 18.6 Å². The van der Waals surface area contributed by atoms with Crippen molar-refractivity contribution in [3.63, 3.8) is 0 Å². The zero-order chi connectivity index (χ0) is 28.8. The predicted octanol–water partition coefficient (Wildman–Crippen LogP) is 5.00. The van der Waals surface area contributed by atoms with Crippen LogP contribution < -0.4 is 4.74 Å². The number of carboxylic acid groups (broad SMARTS) is 1. The van der Waals surface area contributed by atoms with Gasteiger partial charge in [-0.2, -0.15) is 0 Å². The number of alkyl halides is 2. The first-order chi connectivity index (χ1) is 18.8. The summed E-state index contributed by atoms with van der Waals surface area (Å²) in [6.07, 6.45) is -0.752. The summed E-state index contributed by atoms with van der Waals surface area (Å²) in [7, 11) is 0. The number of dihydropyridines is 1. The molecule has 2 unspecified atom stereocenters. The van der Waals surface area contributed by atoms with Crippen molar-refractivity contribution in [2.75, 3.05) is 13.2 Å². The van der Waals surface area contributed by atoms with Gasteiger partial charge in [-0.15, -0.1) is 0 Å². The van der Waals surface area contributed by atoms with Crippen molar-refractivity contribution < 1.29 is 42.0 Å². The van der Waals surface area contributed by atoms with Crippen LogP contribution in [0.1, 0.15) is 36.6 Å². The monoisotopic (exact) mass is 560 g/mol. The Morgan fingerprint density at radius 2 is 1.95 bits per heavy atom. The average molecular weight is 561 g/mol. The predicted molar refractivity (Wildman–Crippen MR) is 135 cm³/mol. The van der Waals surface area contributed by atoms with E-state index in [1.807, 2.05) is 0 Å². The molecule has 2 heterocycles. The molecule has 2 bridgehead atoms. The summed E-state index contributed by atoms with van der Waals surface area (Å²) in [6, 6.07) is 3.66. The Labute approximate surface area is 227 Å². The minimum atomic E-state index is -2.92. The Bertz CT molecular complexity index is 1480. The highest BCUT2D eigenvalue weighted by Gasteiger charge is 3.03. The molecule has 4 aliphatic carbocycles. The van der Waals surface area contributed by atoms with E-state index in [9.17, 15) is 32.6 Å². The molecule has 40 heavy (non-hydrogen) atoms. The number of halogens is 4. The number of ether oxygens (including phenoxy) is 2. The molecule has 11 heteroatoms. The fourth-order valence-electron chi connectivity index (χ4n) is 7.07. The molecule has 4 saturated carbocycles. The molecule has 7 nitrogen and oxygen atoms in total. The van der Waals surface area contributed by atoms with E-state index in [1.54, 1.807) is 19.9 Å². The summed E-state index contributed by atoms with van der Waals surface area (Å²) in [6.45, 7) is 4.28. The third-order valence-electron chi connectivity index (χ3n) is 9.19. The molecule has 0 saturated heterocycles. The van der Waals surface area contributed by atoms with Crippen LogP contribution in [0.2, 0.25) is 0 Å². The van der Waals surface area contributed by atoms with Gasteiger partial charge in [-0.1, -0.05) is 5.57 Å². The summed E-state index contributed by atoms with van der Waals surface area (Å²) in [5, 5.41) is 19.4. The lowest BCUT2D eigenvalue weighted by Gasteiger charge is -2.23. The molecule has 0 radical (unpaired) electrons. The SMILES string of the molecule is Cc1cc(OCCC(C)(O)C(F)F)nc(C)c1-c1cc(COC2=NCC34C(=C2)C[C@@H]2[C@H]3[C@]24C(=O)O)c(F)cc1F. The number of aromatic nitrogens is 1. The van der Waals surface area contributed by atoms with Crippen LogP contribution in [0.4, 0.5) is 17.6 Å². The number of aliphatic hydroxyl groups is 1. The zero-order valence-corrected chi connectivity index (χ0v) is 22.1. The fourth-order valence-corrected chi connectivity index (χ4v) is 7.07. The van der Waals surface area contributed by atoms with Crippen LogP contribution in [0.25, 0.3) is 11.1 Å². The van der Waals surface area contributed by atoms with Crippen molar-refractivity contribution in [2.24, 2.45) is 27.7 Å². The highest BCUT2D eigenvalue weighted by atomic mass is 19.3. The molecule has 7 rings (SSSR count). The standard InChI is InChI=1S/C29H28F4N2O5/c1-13-6-22(39-5-4-27(3,38)25(32)33)35-14(2)23(13)17-7-15(19(30)10-20(17)31)11-40-21-9-16-8-18-24-28(16,12-34-21)29(18,24)26(36)37/h6-7,9-10,18,24-25,38H,4-5,8,11-12H2,1-3H3,(H,36,37)/t18-,24-,27?,28?,29+/m1/s1. The van der Waals surface area contributed by atoms with Gasteiger partial charge in [0.2, 0.25) is 11.8 Å². The van der Waals surface area contributed by atoms with Gasteiger partial charge < -0.3 is 19.7 Å². The van der Waals surface area contributed by atoms with Crippen molar-refractivity contribution in [2.45, 2.75) is 52.2 Å². The van der Waals surface area contributed by atoms with Crippen LogP contribution in [0.15, 0.2) is 34.8 Å². The smallest absolute Gasteiger partial charge is 0.311 e. The molecule has 2 N–H and O–H groups in total. The number of hydrogen-bond donors (Lipinski definition) is 2. The largest absolute Gasteiger partial charge is 0.481 e. The highest BCUT2D eigenvalue weighted by molar-refractivity contribution is 5.97. The highest BCUT2D eigenvalue weighted by Crippen LogP contribution is 3.00. The van der Waals surface area contributed by atoms with Crippen molar-refractivity contribution in [1.82, 2.24) is 4.98 Å². The van der Waals surface area contributed by atoms with Crippen LogP contribution in [0.3, 0.4) is 0 Å². The number of benzene rings is 1. The molecule has 2 aromatic rings. The fraction of sp³-hybridized carbons (Fsp3) is 0.483. The minimum absolute atomic E-state index is 0.106. The number of carbonyl (C=O) groups is 1. The zero-order valence-electron chi connectivity index (χ0n) is 22.1. The number of carboxylic acids is 1. The Hall–Kier alpha value is -3.47. The number of nitrogens with zero attached hydrogens (tertiary/aromatic N) is 2. The normalized spacial score (nSPS) is 28.7. The number of pyridine rings is 1. The molecule has 5 atom stereocenters. The molecule has 1 aromatic heterocycles. The molecular weight excluding hydrogens is 532 g/mol. The summed E-state index contributed by atoms with van der Waals surface area (Å²) < 4.78 is 66.6. The number of aryl methyl sites for hydroxylation is 2. The first kappa shape index (κ1) is 26.7. The van der Waals surface area contributed by atoms with E-state index in [2.05, 4.69) is 9.98 Å². The summed E-state index contributed by atoms with van der Waals surface area (Å²) >= 11 is 0. The first-order valence-corrected chi connectivity index (χ1v) is 13.1. The van der Waals surface area contributed by atoms with Crippen molar-refractivity contribution in [1.29, 1.82) is 0 Å². The number of aliphatic imine (C=N–C) groups is 1. The maximum absolute atomic E-state index is 15.0. The van der Waals surface area contributed by atoms with Crippen LogP contribution in [-0.4, -0.2) is 52.2 Å². The molecule has 1 aliphatic heterocycles. The molecular formula is C29H28F4N2O5. The van der Waals surface area contributed by atoms with E-state index in [-0.39, 0.29) is 53.9 Å². The Morgan fingerprint density at radius 1 is 1.20 bits per heavy atom. The maximum Gasteiger partial charge on any atom is 0.311 e. The van der Waals surface area contributed by atoms with Crippen LogP contribution in [0, 0.1) is 48.1 Å². The van der Waals surface area contributed by atoms with Gasteiger partial charge in [-0.25, -0.2) is 22.5 Å². The molecule has 1 spiro atoms. The van der Waals surface area contributed by atoms with Gasteiger partial charge in [0, 0.05) is 46.4 Å². The average Bonchev–Trinajstić information content (AvgIpc) is 3.62. The van der Waals surface area contributed by atoms with Crippen LogP contribution in [0.5, 0.6) is 5.88 Å². The van der Waals surface area contributed by atoms with Gasteiger partial charge in [0.15, 0.2) is 0 Å². The lowest BCUT2D eigenvalue weighted by molar-refractivity contribution is -0.142. The first-order valence-electron chi connectivity index (χ1n) is 13.1. The Kier molecular flexibility index (Phi) is 5.86. The van der Waals surface area contributed by atoms with E-state index in [1.165, 1.54) is 12.1 Å². The third-order valence-corrected chi connectivity index (χ3v) is 9.19. The van der Waals surface area contributed by atoms with Crippen molar-refractivity contribution in [3.05, 3.63) is 58.3 Å². The van der Waals surface area contributed by atoms with Gasteiger partial charge in [0.25, 0.3) is 6.43 Å². The van der Waals surface area contributed by atoms with Crippen LogP contribution >= 0.6 is 0 Å². The van der Waals surface area contributed by atoms with Gasteiger partial charge in [-0.3, -0.25) is 9.79 Å². The molecule has 212 valence electrons. The van der Waals surface area contributed by atoms with Gasteiger partial charge >= 0.3 is 5.97 Å². The van der Waals surface area contributed by atoms with E-state index in [0.29, 0.717) is 35.7 Å². The molecule has 1 aromatic carbocycles. The van der Waals surface area contributed by atoms with Crippen molar-refractivity contribution in [3.8, 4) is 17.0 Å². The molecule has 0 amide bonds. The van der Waals surface area contributed by atoms with E-state index < -0.39 is 35.0 Å². The number of aliphatic carboxylic acids is 1. The summed E-state index contributed by atoms with van der Waals surface area (Å²) in [5.74, 6) is -1.56. The minimum Gasteiger partial charge on any atom is -0.481 e. The topological polar surface area (TPSA) is 101 Å². The van der Waals surface area contributed by atoms with E-state index in [0.717, 1.165) is 18.6 Å². The number of rotatable bonds is 9. The molecule has 5 aliphatic rings. The second kappa shape index (κ2) is 8.76. The third kappa shape index (κ3) is 3.62. The van der Waals surface area contributed by atoms with Crippen molar-refractivity contribution >= 4 is 11.9 Å². The van der Waals surface area contributed by atoms with Gasteiger partial charge in [-0.05, 0) is 56.7 Å². The Morgan fingerprint density at radius 3 is 2.60 bits per heavy atom.